The van der Waals surface area contributed by atoms with Crippen LogP contribution in [-0.4, -0.2) is 26.2 Å². The maximum atomic E-state index is 6.49. The van der Waals surface area contributed by atoms with Crippen LogP contribution in [0.4, 0.5) is 5.82 Å². The third-order valence-electron chi connectivity index (χ3n) is 3.98. The maximum absolute atomic E-state index is 6.49. The summed E-state index contributed by atoms with van der Waals surface area (Å²) in [4.78, 5) is 0. The van der Waals surface area contributed by atoms with Crippen molar-refractivity contribution in [2.45, 2.75) is 6.92 Å². The Kier molecular flexibility index (Phi) is 4.33. The van der Waals surface area contributed by atoms with E-state index < -0.39 is 0 Å². The summed E-state index contributed by atoms with van der Waals surface area (Å²) in [6.45, 7) is 1.89. The van der Waals surface area contributed by atoms with Gasteiger partial charge in [0.25, 0.3) is 0 Å². The highest BCUT2D eigenvalue weighted by Gasteiger charge is 2.13. The zero-order valence-electron chi connectivity index (χ0n) is 14.0. The van der Waals surface area contributed by atoms with Crippen LogP contribution in [0.1, 0.15) is 11.3 Å². The number of fused-ring (bicyclic) bond motifs is 1. The van der Waals surface area contributed by atoms with Gasteiger partial charge in [-0.1, -0.05) is 54.1 Å². The lowest BCUT2D eigenvalue weighted by Gasteiger charge is -2.03. The standard InChI is InChI=1S/C19H15ClN6/c1-13-17(18(20)26(25-13)15-8-3-2-4-9-15)12-22-24-19-16-10-6-5-7-14(16)11-21-23-19/h2-12H,1H3,(H,23,24). The van der Waals surface area contributed by atoms with E-state index in [0.717, 1.165) is 27.7 Å². The average molecular weight is 363 g/mol. The van der Waals surface area contributed by atoms with Crippen LogP contribution < -0.4 is 5.43 Å². The first kappa shape index (κ1) is 16.2. The van der Waals surface area contributed by atoms with Crippen molar-refractivity contribution in [1.82, 2.24) is 20.0 Å². The molecule has 2 aromatic carbocycles. The van der Waals surface area contributed by atoms with Gasteiger partial charge in [-0.3, -0.25) is 5.43 Å². The van der Waals surface area contributed by atoms with Gasteiger partial charge in [0.1, 0.15) is 5.15 Å². The van der Waals surface area contributed by atoms with E-state index in [4.69, 9.17) is 11.6 Å². The Labute approximate surface area is 155 Å². The fourth-order valence-electron chi connectivity index (χ4n) is 2.67. The van der Waals surface area contributed by atoms with Gasteiger partial charge >= 0.3 is 0 Å². The highest BCUT2D eigenvalue weighted by molar-refractivity contribution is 6.32. The average Bonchev–Trinajstić information content (AvgIpc) is 2.97. The first-order chi connectivity index (χ1) is 12.7. The van der Waals surface area contributed by atoms with E-state index in [-0.39, 0.29) is 0 Å². The molecule has 128 valence electrons. The number of hydrogen-bond acceptors (Lipinski definition) is 5. The Bertz CT molecular complexity index is 1080. The van der Waals surface area contributed by atoms with Crippen molar-refractivity contribution in [3.63, 3.8) is 0 Å². The molecule has 0 radical (unpaired) electrons. The van der Waals surface area contributed by atoms with Crippen LogP contribution in [0.5, 0.6) is 0 Å². The second kappa shape index (κ2) is 6.93. The summed E-state index contributed by atoms with van der Waals surface area (Å²) in [5.74, 6) is 0.587. The van der Waals surface area contributed by atoms with Crippen LogP contribution in [0.25, 0.3) is 16.5 Å². The number of rotatable bonds is 4. The van der Waals surface area contributed by atoms with Crippen molar-refractivity contribution < 1.29 is 0 Å². The topological polar surface area (TPSA) is 68.0 Å². The highest BCUT2D eigenvalue weighted by Crippen LogP contribution is 2.22. The Hall–Kier alpha value is -3.25. The molecular formula is C19H15ClN6. The number of benzene rings is 2. The molecule has 0 atom stereocenters. The number of nitrogens with one attached hydrogen (secondary N) is 1. The van der Waals surface area contributed by atoms with Crippen LogP contribution >= 0.6 is 11.6 Å². The third-order valence-corrected chi connectivity index (χ3v) is 4.35. The Morgan fingerprint density at radius 2 is 1.85 bits per heavy atom. The van der Waals surface area contributed by atoms with Gasteiger partial charge < -0.3 is 0 Å². The zero-order valence-corrected chi connectivity index (χ0v) is 14.7. The van der Waals surface area contributed by atoms with Gasteiger partial charge in [0.15, 0.2) is 5.82 Å². The summed E-state index contributed by atoms with van der Waals surface area (Å²) >= 11 is 6.49. The van der Waals surface area contributed by atoms with E-state index in [9.17, 15) is 0 Å². The van der Waals surface area contributed by atoms with Crippen LogP contribution in [0, 0.1) is 6.92 Å². The number of aromatic nitrogens is 4. The second-order valence-corrected chi connectivity index (χ2v) is 6.05. The molecular weight excluding hydrogens is 348 g/mol. The second-order valence-electron chi connectivity index (χ2n) is 5.69. The minimum Gasteiger partial charge on any atom is -0.259 e. The van der Waals surface area contributed by atoms with Gasteiger partial charge in [-0.05, 0) is 19.1 Å². The predicted octanol–water partition coefficient (Wildman–Crippen LogP) is 4.22. The normalized spacial score (nSPS) is 11.3. The molecule has 0 amide bonds. The van der Waals surface area contributed by atoms with Crippen molar-refractivity contribution >= 4 is 34.4 Å². The number of hydrazone groups is 1. The summed E-state index contributed by atoms with van der Waals surface area (Å²) < 4.78 is 1.69. The number of aryl methyl sites for hydroxylation is 1. The summed E-state index contributed by atoms with van der Waals surface area (Å²) in [7, 11) is 0. The third kappa shape index (κ3) is 3.02. The lowest BCUT2D eigenvalue weighted by atomic mass is 10.2. The summed E-state index contributed by atoms with van der Waals surface area (Å²) in [5.41, 5.74) is 5.37. The molecule has 0 spiro atoms. The van der Waals surface area contributed by atoms with Crippen molar-refractivity contribution in [2.75, 3.05) is 5.43 Å². The molecule has 26 heavy (non-hydrogen) atoms. The van der Waals surface area contributed by atoms with Crippen LogP contribution in [0.2, 0.25) is 5.15 Å². The van der Waals surface area contributed by atoms with E-state index in [1.807, 2.05) is 61.5 Å². The SMILES string of the molecule is Cc1nn(-c2ccccc2)c(Cl)c1C=NNc1nncc2ccccc12. The van der Waals surface area contributed by atoms with Gasteiger partial charge in [-0.25, -0.2) is 4.68 Å². The van der Waals surface area contributed by atoms with E-state index in [1.54, 1.807) is 17.1 Å². The zero-order chi connectivity index (χ0) is 17.9. The Morgan fingerprint density at radius 1 is 1.08 bits per heavy atom. The summed E-state index contributed by atoms with van der Waals surface area (Å²) in [6.07, 6.45) is 3.36. The molecule has 0 saturated carbocycles. The smallest absolute Gasteiger partial charge is 0.176 e. The molecule has 0 aliphatic heterocycles. The van der Waals surface area contributed by atoms with E-state index in [0.29, 0.717) is 11.0 Å². The van der Waals surface area contributed by atoms with Crippen molar-refractivity contribution in [2.24, 2.45) is 5.10 Å². The number of nitrogens with zero attached hydrogens (tertiary/aromatic N) is 5. The maximum Gasteiger partial charge on any atom is 0.176 e. The number of anilines is 1. The van der Waals surface area contributed by atoms with Crippen LogP contribution in [0.15, 0.2) is 65.9 Å². The minimum atomic E-state index is 0.503. The van der Waals surface area contributed by atoms with Gasteiger partial charge in [0.05, 0.1) is 29.4 Å². The molecule has 1 N–H and O–H groups in total. The van der Waals surface area contributed by atoms with Crippen molar-refractivity contribution in [3.05, 3.63) is 77.2 Å². The molecule has 4 rings (SSSR count). The van der Waals surface area contributed by atoms with Gasteiger partial charge in [0, 0.05) is 10.8 Å². The monoisotopic (exact) mass is 362 g/mol. The number of hydrogen-bond donors (Lipinski definition) is 1. The van der Waals surface area contributed by atoms with Crippen molar-refractivity contribution in [3.8, 4) is 5.69 Å². The first-order valence-electron chi connectivity index (χ1n) is 8.04. The molecule has 2 aromatic heterocycles. The molecule has 7 heteroatoms. The molecule has 0 unspecified atom stereocenters. The number of para-hydroxylation sites is 1. The van der Waals surface area contributed by atoms with Crippen LogP contribution in [-0.2, 0) is 0 Å². The number of halogens is 1. The molecule has 0 saturated heterocycles. The van der Waals surface area contributed by atoms with E-state index >= 15 is 0 Å². The molecule has 0 bridgehead atoms. The lowest BCUT2D eigenvalue weighted by Crippen LogP contribution is -1.97. The Balaban J connectivity index is 1.62. The van der Waals surface area contributed by atoms with E-state index in [1.165, 1.54) is 0 Å². The fourth-order valence-corrected chi connectivity index (χ4v) is 2.99. The summed E-state index contributed by atoms with van der Waals surface area (Å²) in [6, 6.07) is 17.6. The van der Waals surface area contributed by atoms with E-state index in [2.05, 4.69) is 25.8 Å². The highest BCUT2D eigenvalue weighted by atomic mass is 35.5. The van der Waals surface area contributed by atoms with Gasteiger partial charge in [-0.15, -0.1) is 5.10 Å². The molecule has 6 nitrogen and oxygen atoms in total. The molecule has 2 heterocycles. The largest absolute Gasteiger partial charge is 0.259 e. The Morgan fingerprint density at radius 3 is 2.69 bits per heavy atom. The minimum absolute atomic E-state index is 0.503. The molecule has 0 aliphatic rings. The van der Waals surface area contributed by atoms with Crippen LogP contribution in [0.3, 0.4) is 0 Å². The van der Waals surface area contributed by atoms with Gasteiger partial charge in [0.2, 0.25) is 0 Å². The molecule has 4 aromatic rings. The molecule has 0 fully saturated rings. The lowest BCUT2D eigenvalue weighted by molar-refractivity contribution is 0.863. The van der Waals surface area contributed by atoms with Crippen molar-refractivity contribution in [1.29, 1.82) is 0 Å². The fraction of sp³-hybridized carbons (Fsp3) is 0.0526. The van der Waals surface area contributed by atoms with Gasteiger partial charge in [-0.2, -0.15) is 15.3 Å². The predicted molar refractivity (Wildman–Crippen MR) is 104 cm³/mol. The first-order valence-corrected chi connectivity index (χ1v) is 8.42. The molecule has 0 aliphatic carbocycles. The summed E-state index contributed by atoms with van der Waals surface area (Å²) in [5, 5.41) is 19.3. The quantitative estimate of drug-likeness (QED) is 0.436.